The Morgan fingerprint density at radius 1 is 1.90 bits per heavy atom. The van der Waals surface area contributed by atoms with Gasteiger partial charge in [-0.25, -0.2) is 0 Å². The van der Waals surface area contributed by atoms with Crippen molar-refractivity contribution in [3.63, 3.8) is 0 Å². The third-order valence-electron chi connectivity index (χ3n) is 1.41. The average molecular weight is 133 g/mol. The minimum absolute atomic E-state index is 0.0718. The molecule has 0 aliphatic carbocycles. The Bertz CT molecular complexity index is 269. The topological polar surface area (TPSA) is 61.0 Å². The van der Waals surface area contributed by atoms with Crippen molar-refractivity contribution in [1.82, 2.24) is 9.78 Å². The molecule has 0 saturated heterocycles. The SMILES string of the molecule is [Li][c]1c([N+](=O)[O-])cnn1C. The van der Waals surface area contributed by atoms with Crippen molar-refractivity contribution < 1.29 is 4.92 Å². The first-order valence-corrected chi connectivity index (χ1v) is 2.76. The molecule has 0 aliphatic rings. The van der Waals surface area contributed by atoms with E-state index in [0.717, 1.165) is 0 Å². The van der Waals surface area contributed by atoms with Gasteiger partial charge in [0.15, 0.2) is 0 Å². The molecule has 1 aromatic heterocycles. The first kappa shape index (κ1) is 7.32. The summed E-state index contributed by atoms with van der Waals surface area (Å²) < 4.78 is 2.04. The van der Waals surface area contributed by atoms with E-state index in [-0.39, 0.29) is 5.69 Å². The van der Waals surface area contributed by atoms with Crippen molar-refractivity contribution in [1.29, 1.82) is 0 Å². The summed E-state index contributed by atoms with van der Waals surface area (Å²) in [5.74, 6) is 0. The van der Waals surface area contributed by atoms with Crippen LogP contribution in [0.5, 0.6) is 0 Å². The van der Waals surface area contributed by atoms with Gasteiger partial charge < -0.3 is 0 Å². The van der Waals surface area contributed by atoms with Gasteiger partial charge in [-0.05, 0) is 0 Å². The zero-order valence-electron chi connectivity index (χ0n) is 5.74. The summed E-state index contributed by atoms with van der Waals surface area (Å²) in [6.07, 6.45) is 1.25. The monoisotopic (exact) mass is 133 g/mol. The molecule has 5 nitrogen and oxygen atoms in total. The maximum atomic E-state index is 10.2. The Labute approximate surface area is 66.4 Å². The fraction of sp³-hybridized carbons (Fsp3) is 0.250. The molecule has 0 atom stereocenters. The standard InChI is InChI=1S/C4H4N3O2.Li/c1-6-3-4(2-5-6)7(8)9;/h2H,1H3;. The second-order valence-corrected chi connectivity index (χ2v) is 2.00. The van der Waals surface area contributed by atoms with Crippen molar-refractivity contribution in [2.24, 2.45) is 7.05 Å². The fourth-order valence-electron chi connectivity index (χ4n) is 0.666. The molecule has 0 unspecified atom stereocenters. The predicted molar refractivity (Wildman–Crippen MR) is 35.3 cm³/mol. The molecule has 0 N–H and O–H groups in total. The Morgan fingerprint density at radius 2 is 2.50 bits per heavy atom. The summed E-state index contributed by atoms with van der Waals surface area (Å²) in [5, 5.41) is 13.9. The molecule has 0 spiro atoms. The van der Waals surface area contributed by atoms with Crippen molar-refractivity contribution in [3.05, 3.63) is 16.3 Å². The van der Waals surface area contributed by atoms with Crippen LogP contribution < -0.4 is 4.37 Å². The van der Waals surface area contributed by atoms with Crippen LogP contribution in [-0.4, -0.2) is 32.4 Å². The number of rotatable bonds is 1. The van der Waals surface area contributed by atoms with Gasteiger partial charge in [-0.1, -0.05) is 0 Å². The maximum absolute atomic E-state index is 10.2. The Kier molecular flexibility index (Phi) is 1.79. The van der Waals surface area contributed by atoms with Crippen LogP contribution in [0.25, 0.3) is 0 Å². The second kappa shape index (κ2) is 2.44. The van der Waals surface area contributed by atoms with E-state index in [2.05, 4.69) is 5.10 Å². The molecular formula is C4H4LiN3O2. The summed E-state index contributed by atoms with van der Waals surface area (Å²) >= 11 is 1.66. The molecule has 1 heterocycles. The summed E-state index contributed by atoms with van der Waals surface area (Å²) in [4.78, 5) is 9.75. The number of nitrogens with zero attached hydrogens (tertiary/aromatic N) is 3. The van der Waals surface area contributed by atoms with Gasteiger partial charge >= 0.3 is 65.8 Å². The van der Waals surface area contributed by atoms with Gasteiger partial charge in [0.25, 0.3) is 0 Å². The molecule has 1 aromatic rings. The minimum atomic E-state index is -0.442. The van der Waals surface area contributed by atoms with Crippen LogP contribution in [0.15, 0.2) is 6.20 Å². The van der Waals surface area contributed by atoms with E-state index in [1.54, 1.807) is 24.8 Å². The van der Waals surface area contributed by atoms with Crippen LogP contribution in [0.3, 0.4) is 0 Å². The predicted octanol–water partition coefficient (Wildman–Crippen LogP) is -0.878. The van der Waals surface area contributed by atoms with Gasteiger partial charge in [-0.3, -0.25) is 0 Å². The van der Waals surface area contributed by atoms with E-state index in [1.165, 1.54) is 10.9 Å². The normalized spacial score (nSPS) is 9.90. The van der Waals surface area contributed by atoms with Gasteiger partial charge in [0.05, 0.1) is 0 Å². The second-order valence-electron chi connectivity index (χ2n) is 2.00. The molecule has 10 heavy (non-hydrogen) atoms. The first-order chi connectivity index (χ1) is 4.63. The van der Waals surface area contributed by atoms with Crippen molar-refractivity contribution in [2.75, 3.05) is 0 Å². The van der Waals surface area contributed by atoms with E-state index in [4.69, 9.17) is 0 Å². The first-order valence-electron chi connectivity index (χ1n) is 2.76. The Balaban J connectivity index is 3.17. The van der Waals surface area contributed by atoms with Crippen molar-refractivity contribution in [2.45, 2.75) is 0 Å². The third-order valence-corrected chi connectivity index (χ3v) is 1.41. The van der Waals surface area contributed by atoms with Gasteiger partial charge in [0.2, 0.25) is 0 Å². The fourth-order valence-corrected chi connectivity index (χ4v) is 0.666. The number of aryl methyl sites for hydroxylation is 1. The van der Waals surface area contributed by atoms with Gasteiger partial charge in [0, 0.05) is 0 Å². The molecule has 0 radical (unpaired) electrons. The van der Waals surface area contributed by atoms with Crippen molar-refractivity contribution in [3.8, 4) is 0 Å². The molecule has 48 valence electrons. The molecule has 1 rings (SSSR count). The molecular weight excluding hydrogens is 129 g/mol. The number of hydrogen-bond acceptors (Lipinski definition) is 3. The van der Waals surface area contributed by atoms with E-state index in [0.29, 0.717) is 4.37 Å². The zero-order chi connectivity index (χ0) is 7.72. The average Bonchev–Trinajstić information content (AvgIpc) is 2.14. The molecule has 6 heteroatoms. The summed E-state index contributed by atoms with van der Waals surface area (Å²) in [6, 6.07) is 0. The summed E-state index contributed by atoms with van der Waals surface area (Å²) in [5.41, 5.74) is 0.0718. The molecule has 0 fully saturated rings. The van der Waals surface area contributed by atoms with Gasteiger partial charge in [0.1, 0.15) is 0 Å². The van der Waals surface area contributed by atoms with Crippen LogP contribution in [0, 0.1) is 10.1 Å². The Hall–Kier alpha value is -0.793. The summed E-state index contributed by atoms with van der Waals surface area (Å²) in [7, 11) is 1.67. The molecule has 0 aliphatic heterocycles. The Morgan fingerprint density at radius 3 is 2.70 bits per heavy atom. The van der Waals surface area contributed by atoms with Crippen LogP contribution >= 0.6 is 0 Å². The van der Waals surface area contributed by atoms with Crippen molar-refractivity contribution >= 4 is 27.8 Å². The van der Waals surface area contributed by atoms with Crippen LogP contribution in [0.4, 0.5) is 5.69 Å². The van der Waals surface area contributed by atoms with Crippen LogP contribution in [0.1, 0.15) is 0 Å². The zero-order valence-corrected chi connectivity index (χ0v) is 5.74. The molecule has 0 amide bonds. The quantitative estimate of drug-likeness (QED) is 0.284. The van der Waals surface area contributed by atoms with E-state index in [1.807, 2.05) is 0 Å². The van der Waals surface area contributed by atoms with E-state index >= 15 is 0 Å². The summed E-state index contributed by atoms with van der Waals surface area (Å²) in [6.45, 7) is 0. The molecule has 0 saturated carbocycles. The van der Waals surface area contributed by atoms with Gasteiger partial charge in [-0.2, -0.15) is 0 Å². The van der Waals surface area contributed by atoms with Crippen LogP contribution in [0.2, 0.25) is 0 Å². The van der Waals surface area contributed by atoms with E-state index < -0.39 is 4.92 Å². The number of aromatic nitrogens is 2. The van der Waals surface area contributed by atoms with E-state index in [9.17, 15) is 10.1 Å². The van der Waals surface area contributed by atoms with Crippen LogP contribution in [-0.2, 0) is 7.05 Å². The number of hydrogen-bond donors (Lipinski definition) is 0. The molecule has 0 aromatic carbocycles. The van der Waals surface area contributed by atoms with Gasteiger partial charge in [-0.15, -0.1) is 0 Å². The third kappa shape index (κ3) is 1.06. The number of nitro groups is 1. The molecule has 0 bridgehead atoms.